The average Bonchev–Trinajstić information content (AvgIpc) is 2.75. The lowest BCUT2D eigenvalue weighted by molar-refractivity contribution is -0.124. The molecule has 1 aliphatic carbocycles. The van der Waals surface area contributed by atoms with Crippen LogP contribution in [0.25, 0.3) is 0 Å². The molecule has 3 aliphatic rings. The Hall–Kier alpha value is -1.40. The zero-order valence-corrected chi connectivity index (χ0v) is 16.2. The maximum atomic E-state index is 13.1. The van der Waals surface area contributed by atoms with Crippen molar-refractivity contribution in [2.75, 3.05) is 23.0 Å². The summed E-state index contributed by atoms with van der Waals surface area (Å²) in [5.74, 6) is 0.308. The molecule has 1 amide bonds. The van der Waals surface area contributed by atoms with E-state index in [4.69, 9.17) is 0 Å². The van der Waals surface area contributed by atoms with Crippen LogP contribution in [0, 0.1) is 6.92 Å². The Kier molecular flexibility index (Phi) is 4.82. The number of benzene rings is 1. The molecule has 2 heterocycles. The zero-order valence-electron chi connectivity index (χ0n) is 15.4. The van der Waals surface area contributed by atoms with Crippen molar-refractivity contribution in [3.63, 3.8) is 0 Å². The van der Waals surface area contributed by atoms with Crippen LogP contribution in [0.4, 0.5) is 5.69 Å². The molecular weight excluding hydrogens is 348 g/mol. The van der Waals surface area contributed by atoms with Crippen molar-refractivity contribution in [3.05, 3.63) is 29.8 Å². The van der Waals surface area contributed by atoms with Gasteiger partial charge in [-0.3, -0.25) is 9.69 Å². The van der Waals surface area contributed by atoms with Gasteiger partial charge < -0.3 is 4.90 Å². The number of sulfone groups is 1. The minimum absolute atomic E-state index is 0.0400. The second kappa shape index (κ2) is 6.97. The SMILES string of the molecule is Cc1cccc(N2C(=O)CN(C3CCCCCC3)[C@H]3CS(=O)(=O)C[C@H]32)c1. The topological polar surface area (TPSA) is 57.7 Å². The lowest BCUT2D eigenvalue weighted by Gasteiger charge is -2.46. The van der Waals surface area contributed by atoms with Gasteiger partial charge in [0.1, 0.15) is 0 Å². The molecule has 0 aromatic heterocycles. The van der Waals surface area contributed by atoms with E-state index in [-0.39, 0.29) is 29.5 Å². The standard InChI is InChI=1S/C20H28N2O3S/c1-15-7-6-10-17(11-15)22-19-14-26(24,25)13-18(19)21(12-20(22)23)16-8-4-2-3-5-9-16/h6-7,10-11,16,18-19H,2-5,8-9,12-14H2,1H3/t18-,19+/m0/s1. The molecule has 0 spiro atoms. The molecule has 0 bridgehead atoms. The highest BCUT2D eigenvalue weighted by atomic mass is 32.2. The van der Waals surface area contributed by atoms with Crippen molar-refractivity contribution < 1.29 is 13.2 Å². The van der Waals surface area contributed by atoms with Crippen molar-refractivity contribution in [2.24, 2.45) is 0 Å². The average molecular weight is 377 g/mol. The molecule has 1 aromatic rings. The number of carbonyl (C=O) groups excluding carboxylic acids is 1. The largest absolute Gasteiger partial charge is 0.306 e. The summed E-state index contributed by atoms with van der Waals surface area (Å²) < 4.78 is 25.0. The van der Waals surface area contributed by atoms with E-state index < -0.39 is 9.84 Å². The molecule has 6 heteroatoms. The highest BCUT2D eigenvalue weighted by molar-refractivity contribution is 7.91. The fraction of sp³-hybridized carbons (Fsp3) is 0.650. The first-order valence-electron chi connectivity index (χ1n) is 9.79. The summed E-state index contributed by atoms with van der Waals surface area (Å²) in [5.41, 5.74) is 1.92. The fourth-order valence-corrected chi connectivity index (χ4v) is 6.97. The first-order valence-corrected chi connectivity index (χ1v) is 11.6. The number of hydrogen-bond acceptors (Lipinski definition) is 4. The van der Waals surface area contributed by atoms with Crippen LogP contribution in [0.1, 0.15) is 44.1 Å². The van der Waals surface area contributed by atoms with Crippen LogP contribution in [-0.4, -0.2) is 55.4 Å². The number of piperazine rings is 1. The van der Waals surface area contributed by atoms with Crippen LogP contribution in [0.5, 0.6) is 0 Å². The van der Waals surface area contributed by atoms with E-state index in [2.05, 4.69) is 4.90 Å². The molecule has 5 nitrogen and oxygen atoms in total. The number of carbonyl (C=O) groups is 1. The maximum Gasteiger partial charge on any atom is 0.241 e. The third kappa shape index (κ3) is 3.41. The molecule has 3 fully saturated rings. The molecule has 2 aliphatic heterocycles. The minimum Gasteiger partial charge on any atom is -0.306 e. The third-order valence-electron chi connectivity index (χ3n) is 6.21. The number of anilines is 1. The monoisotopic (exact) mass is 376 g/mol. The summed E-state index contributed by atoms with van der Waals surface area (Å²) in [5, 5.41) is 0. The van der Waals surface area contributed by atoms with Gasteiger partial charge in [-0.15, -0.1) is 0 Å². The first-order chi connectivity index (χ1) is 12.4. The van der Waals surface area contributed by atoms with E-state index in [0.29, 0.717) is 12.6 Å². The van der Waals surface area contributed by atoms with Gasteiger partial charge in [-0.2, -0.15) is 0 Å². The van der Waals surface area contributed by atoms with E-state index in [1.54, 1.807) is 4.90 Å². The summed E-state index contributed by atoms with van der Waals surface area (Å²) in [6.07, 6.45) is 7.03. The number of amides is 1. The Balaban J connectivity index is 1.68. The van der Waals surface area contributed by atoms with E-state index in [1.807, 2.05) is 31.2 Å². The quantitative estimate of drug-likeness (QED) is 0.745. The fourth-order valence-electron chi connectivity index (χ4n) is 5.01. The highest BCUT2D eigenvalue weighted by Crippen LogP contribution is 2.35. The number of aryl methyl sites for hydroxylation is 1. The summed E-state index contributed by atoms with van der Waals surface area (Å²) in [6.45, 7) is 2.34. The molecular formula is C20H28N2O3S. The Labute approximate surface area is 156 Å². The molecule has 142 valence electrons. The zero-order chi connectivity index (χ0) is 18.3. The molecule has 0 N–H and O–H groups in total. The van der Waals surface area contributed by atoms with Gasteiger partial charge in [-0.05, 0) is 37.5 Å². The van der Waals surface area contributed by atoms with Gasteiger partial charge in [0.25, 0.3) is 0 Å². The Morgan fingerprint density at radius 3 is 2.38 bits per heavy atom. The number of fused-ring (bicyclic) bond motifs is 1. The Morgan fingerprint density at radius 1 is 1.00 bits per heavy atom. The highest BCUT2D eigenvalue weighted by Gasteiger charge is 2.51. The van der Waals surface area contributed by atoms with E-state index >= 15 is 0 Å². The second-order valence-electron chi connectivity index (χ2n) is 8.13. The van der Waals surface area contributed by atoms with Crippen molar-refractivity contribution in [3.8, 4) is 0 Å². The first kappa shape index (κ1) is 18.0. The molecule has 4 rings (SSSR count). The normalized spacial score (nSPS) is 30.2. The predicted molar refractivity (Wildman–Crippen MR) is 103 cm³/mol. The Morgan fingerprint density at radius 2 is 1.69 bits per heavy atom. The molecule has 0 radical (unpaired) electrons. The van der Waals surface area contributed by atoms with Crippen LogP contribution in [0.15, 0.2) is 24.3 Å². The van der Waals surface area contributed by atoms with E-state index in [0.717, 1.165) is 24.1 Å². The number of rotatable bonds is 2. The van der Waals surface area contributed by atoms with Gasteiger partial charge in [0.2, 0.25) is 5.91 Å². The minimum atomic E-state index is -3.12. The van der Waals surface area contributed by atoms with Crippen LogP contribution >= 0.6 is 0 Å². The van der Waals surface area contributed by atoms with E-state index in [9.17, 15) is 13.2 Å². The summed E-state index contributed by atoms with van der Waals surface area (Å²) in [4.78, 5) is 17.1. The summed E-state index contributed by atoms with van der Waals surface area (Å²) >= 11 is 0. The van der Waals surface area contributed by atoms with Crippen LogP contribution in [0.3, 0.4) is 0 Å². The Bertz CT molecular complexity index is 784. The third-order valence-corrected chi connectivity index (χ3v) is 7.91. The van der Waals surface area contributed by atoms with Crippen molar-refractivity contribution in [1.29, 1.82) is 0 Å². The van der Waals surface area contributed by atoms with Gasteiger partial charge >= 0.3 is 0 Å². The van der Waals surface area contributed by atoms with Gasteiger partial charge in [0.15, 0.2) is 9.84 Å². The number of nitrogens with zero attached hydrogens (tertiary/aromatic N) is 2. The van der Waals surface area contributed by atoms with Gasteiger partial charge in [-0.1, -0.05) is 37.8 Å². The predicted octanol–water partition coefficient (Wildman–Crippen LogP) is 2.53. The molecule has 1 saturated carbocycles. The smallest absolute Gasteiger partial charge is 0.241 e. The van der Waals surface area contributed by atoms with Gasteiger partial charge in [-0.25, -0.2) is 8.42 Å². The molecule has 1 aromatic carbocycles. The molecule has 26 heavy (non-hydrogen) atoms. The molecule has 2 atom stereocenters. The van der Waals surface area contributed by atoms with Crippen molar-refractivity contribution in [2.45, 2.75) is 63.6 Å². The van der Waals surface area contributed by atoms with Crippen LogP contribution < -0.4 is 4.90 Å². The molecule has 2 saturated heterocycles. The summed E-state index contributed by atoms with van der Waals surface area (Å²) in [6, 6.07) is 7.87. The van der Waals surface area contributed by atoms with Crippen molar-refractivity contribution >= 4 is 21.4 Å². The summed E-state index contributed by atoms with van der Waals surface area (Å²) in [7, 11) is -3.12. The maximum absolute atomic E-state index is 13.1. The van der Waals surface area contributed by atoms with Crippen LogP contribution in [0.2, 0.25) is 0 Å². The second-order valence-corrected chi connectivity index (χ2v) is 10.3. The lowest BCUT2D eigenvalue weighted by atomic mass is 9.97. The van der Waals surface area contributed by atoms with Gasteiger partial charge in [0.05, 0.1) is 24.1 Å². The van der Waals surface area contributed by atoms with E-state index in [1.165, 1.54) is 25.7 Å². The molecule has 0 unspecified atom stereocenters. The van der Waals surface area contributed by atoms with Crippen molar-refractivity contribution in [1.82, 2.24) is 4.90 Å². The van der Waals surface area contributed by atoms with Crippen LogP contribution in [-0.2, 0) is 14.6 Å². The van der Waals surface area contributed by atoms with Gasteiger partial charge in [0, 0.05) is 17.8 Å². The number of hydrogen-bond donors (Lipinski definition) is 0. The lowest BCUT2D eigenvalue weighted by Crippen LogP contribution is -2.64.